The number of carbonyl (C=O) groups excluding carboxylic acids is 1. The zero-order chi connectivity index (χ0) is 18.4. The Hall–Kier alpha value is -2.44. The fourth-order valence-corrected chi connectivity index (χ4v) is 2.92. The average molecular weight is 358 g/mol. The lowest BCUT2D eigenvalue weighted by Crippen LogP contribution is -2.35. The van der Waals surface area contributed by atoms with Crippen molar-refractivity contribution < 1.29 is 18.7 Å². The second-order valence-electron chi connectivity index (χ2n) is 6.28. The number of methoxy groups -OCH3 is 1. The Bertz CT molecular complexity index is 743. The molecule has 0 saturated carbocycles. The van der Waals surface area contributed by atoms with Crippen LogP contribution in [0.15, 0.2) is 42.5 Å². The van der Waals surface area contributed by atoms with Crippen molar-refractivity contribution >= 4 is 11.6 Å². The standard InChI is InChI=1S/C20H23FN2O3/c1-25-19-7-4-16(12-18(19)21)13-20(24)22-17-5-2-15(3-6-17)14-23-8-10-26-11-9-23/h2-7,12H,8-11,13-14H2,1H3,(H,22,24). The normalized spacial score (nSPS) is 14.8. The molecule has 1 amide bonds. The van der Waals surface area contributed by atoms with E-state index in [-0.39, 0.29) is 18.1 Å². The number of halogens is 1. The number of anilines is 1. The number of amides is 1. The van der Waals surface area contributed by atoms with E-state index in [1.807, 2.05) is 24.3 Å². The maximum Gasteiger partial charge on any atom is 0.228 e. The monoisotopic (exact) mass is 358 g/mol. The number of ether oxygens (including phenoxy) is 2. The molecule has 1 saturated heterocycles. The Balaban J connectivity index is 1.53. The van der Waals surface area contributed by atoms with E-state index in [0.29, 0.717) is 5.56 Å². The van der Waals surface area contributed by atoms with Crippen LogP contribution in [0.4, 0.5) is 10.1 Å². The van der Waals surface area contributed by atoms with Crippen molar-refractivity contribution in [3.05, 3.63) is 59.4 Å². The van der Waals surface area contributed by atoms with Crippen LogP contribution in [0, 0.1) is 5.82 Å². The van der Waals surface area contributed by atoms with Crippen LogP contribution < -0.4 is 10.1 Å². The van der Waals surface area contributed by atoms with Crippen molar-refractivity contribution in [3.63, 3.8) is 0 Å². The summed E-state index contributed by atoms with van der Waals surface area (Å²) >= 11 is 0. The summed E-state index contributed by atoms with van der Waals surface area (Å²) in [6.45, 7) is 4.32. The summed E-state index contributed by atoms with van der Waals surface area (Å²) in [5.74, 6) is -0.481. The van der Waals surface area contributed by atoms with E-state index in [9.17, 15) is 9.18 Å². The molecule has 0 atom stereocenters. The first-order chi connectivity index (χ1) is 12.6. The number of benzene rings is 2. The highest BCUT2D eigenvalue weighted by Crippen LogP contribution is 2.18. The molecule has 1 N–H and O–H groups in total. The number of rotatable bonds is 6. The summed E-state index contributed by atoms with van der Waals surface area (Å²) < 4.78 is 23.9. The molecule has 1 aliphatic rings. The first-order valence-electron chi connectivity index (χ1n) is 8.65. The molecule has 26 heavy (non-hydrogen) atoms. The van der Waals surface area contributed by atoms with Gasteiger partial charge < -0.3 is 14.8 Å². The number of morpholine rings is 1. The summed E-state index contributed by atoms with van der Waals surface area (Å²) in [5, 5.41) is 2.84. The molecule has 0 aliphatic carbocycles. The summed E-state index contributed by atoms with van der Waals surface area (Å²) in [6, 6.07) is 12.3. The van der Waals surface area contributed by atoms with Gasteiger partial charge in [0.15, 0.2) is 11.6 Å². The van der Waals surface area contributed by atoms with Crippen molar-refractivity contribution in [2.24, 2.45) is 0 Å². The van der Waals surface area contributed by atoms with Crippen LogP contribution in [-0.2, 0) is 22.5 Å². The van der Waals surface area contributed by atoms with Crippen molar-refractivity contribution in [1.29, 1.82) is 0 Å². The van der Waals surface area contributed by atoms with Crippen molar-refractivity contribution in [2.45, 2.75) is 13.0 Å². The van der Waals surface area contributed by atoms with Gasteiger partial charge >= 0.3 is 0 Å². The van der Waals surface area contributed by atoms with Crippen LogP contribution in [-0.4, -0.2) is 44.2 Å². The molecule has 0 unspecified atom stereocenters. The van der Waals surface area contributed by atoms with Gasteiger partial charge in [-0.25, -0.2) is 4.39 Å². The zero-order valence-corrected chi connectivity index (χ0v) is 14.8. The van der Waals surface area contributed by atoms with Crippen LogP contribution in [0.2, 0.25) is 0 Å². The van der Waals surface area contributed by atoms with E-state index in [0.717, 1.165) is 38.5 Å². The predicted octanol–water partition coefficient (Wildman–Crippen LogP) is 2.85. The second kappa shape index (κ2) is 8.78. The van der Waals surface area contributed by atoms with E-state index < -0.39 is 5.82 Å². The fourth-order valence-electron chi connectivity index (χ4n) is 2.92. The Morgan fingerprint density at radius 1 is 1.15 bits per heavy atom. The smallest absolute Gasteiger partial charge is 0.228 e. The summed E-state index contributed by atoms with van der Waals surface area (Å²) in [4.78, 5) is 14.5. The van der Waals surface area contributed by atoms with Gasteiger partial charge in [-0.2, -0.15) is 0 Å². The van der Waals surface area contributed by atoms with Gasteiger partial charge in [0.2, 0.25) is 5.91 Å². The van der Waals surface area contributed by atoms with Gasteiger partial charge in [-0.3, -0.25) is 9.69 Å². The largest absolute Gasteiger partial charge is 0.494 e. The first kappa shape index (κ1) is 18.4. The van der Waals surface area contributed by atoms with Crippen LogP contribution in [0.5, 0.6) is 5.75 Å². The second-order valence-corrected chi connectivity index (χ2v) is 6.28. The van der Waals surface area contributed by atoms with E-state index >= 15 is 0 Å². The third-order valence-corrected chi connectivity index (χ3v) is 4.33. The molecule has 1 heterocycles. The Labute approximate surface area is 152 Å². The third kappa shape index (κ3) is 5.03. The molecule has 1 fully saturated rings. The fraction of sp³-hybridized carbons (Fsp3) is 0.350. The van der Waals surface area contributed by atoms with Crippen molar-refractivity contribution in [2.75, 3.05) is 38.7 Å². The van der Waals surface area contributed by atoms with Gasteiger partial charge in [0.05, 0.1) is 26.7 Å². The molecule has 0 aromatic heterocycles. The molecule has 138 valence electrons. The summed E-state index contributed by atoms with van der Waals surface area (Å²) in [7, 11) is 1.41. The average Bonchev–Trinajstić information content (AvgIpc) is 2.64. The lowest BCUT2D eigenvalue weighted by Gasteiger charge is -2.26. The molecule has 5 nitrogen and oxygen atoms in total. The third-order valence-electron chi connectivity index (χ3n) is 4.33. The topological polar surface area (TPSA) is 50.8 Å². The van der Waals surface area contributed by atoms with Gasteiger partial charge in [-0.15, -0.1) is 0 Å². The number of hydrogen-bond acceptors (Lipinski definition) is 4. The van der Waals surface area contributed by atoms with Crippen LogP contribution in [0.3, 0.4) is 0 Å². The van der Waals surface area contributed by atoms with Crippen LogP contribution in [0.1, 0.15) is 11.1 Å². The minimum Gasteiger partial charge on any atom is -0.494 e. The molecule has 2 aromatic carbocycles. The Morgan fingerprint density at radius 3 is 2.50 bits per heavy atom. The predicted molar refractivity (Wildman–Crippen MR) is 97.8 cm³/mol. The highest BCUT2D eigenvalue weighted by atomic mass is 19.1. The van der Waals surface area contributed by atoms with E-state index in [1.54, 1.807) is 6.07 Å². The highest BCUT2D eigenvalue weighted by Gasteiger charge is 2.11. The molecule has 1 aliphatic heterocycles. The lowest BCUT2D eigenvalue weighted by molar-refractivity contribution is -0.115. The van der Waals surface area contributed by atoms with E-state index in [2.05, 4.69) is 10.2 Å². The SMILES string of the molecule is COc1ccc(CC(=O)Nc2ccc(CN3CCOCC3)cc2)cc1F. The molecule has 3 rings (SSSR count). The van der Waals surface area contributed by atoms with Crippen molar-refractivity contribution in [3.8, 4) is 5.75 Å². The maximum absolute atomic E-state index is 13.7. The molecule has 0 bridgehead atoms. The van der Waals surface area contributed by atoms with Gasteiger partial charge in [0.1, 0.15) is 0 Å². The van der Waals surface area contributed by atoms with E-state index in [1.165, 1.54) is 24.8 Å². The number of hydrogen-bond donors (Lipinski definition) is 1. The Kier molecular flexibility index (Phi) is 6.20. The number of carbonyl (C=O) groups is 1. The molecular formula is C20H23FN2O3. The van der Waals surface area contributed by atoms with Gasteiger partial charge in [-0.05, 0) is 35.4 Å². The summed E-state index contributed by atoms with van der Waals surface area (Å²) in [5.41, 5.74) is 2.53. The van der Waals surface area contributed by atoms with Gasteiger partial charge in [-0.1, -0.05) is 18.2 Å². The highest BCUT2D eigenvalue weighted by molar-refractivity contribution is 5.92. The molecular weight excluding hydrogens is 335 g/mol. The first-order valence-corrected chi connectivity index (χ1v) is 8.65. The summed E-state index contributed by atoms with van der Waals surface area (Å²) in [6.07, 6.45) is 0.108. The Morgan fingerprint density at radius 2 is 1.85 bits per heavy atom. The molecule has 2 aromatic rings. The minimum atomic E-state index is -0.467. The van der Waals surface area contributed by atoms with Gasteiger partial charge in [0, 0.05) is 25.3 Å². The van der Waals surface area contributed by atoms with Crippen LogP contribution in [0.25, 0.3) is 0 Å². The molecule has 0 spiro atoms. The van der Waals surface area contributed by atoms with Crippen LogP contribution >= 0.6 is 0 Å². The zero-order valence-electron chi connectivity index (χ0n) is 14.8. The maximum atomic E-state index is 13.7. The number of nitrogens with one attached hydrogen (secondary N) is 1. The minimum absolute atomic E-state index is 0.108. The quantitative estimate of drug-likeness (QED) is 0.863. The van der Waals surface area contributed by atoms with E-state index in [4.69, 9.17) is 9.47 Å². The van der Waals surface area contributed by atoms with Gasteiger partial charge in [0.25, 0.3) is 0 Å². The lowest BCUT2D eigenvalue weighted by atomic mass is 10.1. The number of nitrogens with zero attached hydrogens (tertiary/aromatic N) is 1. The van der Waals surface area contributed by atoms with Crippen molar-refractivity contribution in [1.82, 2.24) is 4.90 Å². The molecule has 6 heteroatoms. The molecule has 0 radical (unpaired) electrons.